The Labute approximate surface area is 224 Å². The number of hydrogen-bond donors (Lipinski definition) is 1. The van der Waals surface area contributed by atoms with Crippen LogP contribution < -0.4 is 0 Å². The van der Waals surface area contributed by atoms with Gasteiger partial charge in [-0.3, -0.25) is 9.59 Å². The van der Waals surface area contributed by atoms with Gasteiger partial charge in [-0.15, -0.1) is 0 Å². The van der Waals surface area contributed by atoms with Crippen molar-refractivity contribution in [1.82, 2.24) is 0 Å². The number of carbonyl (C=O) groups excluding carboxylic acids is 3. The van der Waals surface area contributed by atoms with Gasteiger partial charge in [0.15, 0.2) is 18.2 Å². The molecule has 2 saturated carbocycles. The number of allylic oxidation sites excluding steroid dienone is 3. The summed E-state index contributed by atoms with van der Waals surface area (Å²) in [7, 11) is 0. The van der Waals surface area contributed by atoms with E-state index in [2.05, 4.69) is 19.6 Å². The van der Waals surface area contributed by atoms with Crippen LogP contribution in [0.2, 0.25) is 0 Å². The van der Waals surface area contributed by atoms with Gasteiger partial charge in [-0.05, 0) is 74.8 Å². The van der Waals surface area contributed by atoms with E-state index in [4.69, 9.17) is 9.47 Å². The Kier molecular flexibility index (Phi) is 7.45. The summed E-state index contributed by atoms with van der Waals surface area (Å²) >= 11 is 0. The molecule has 0 saturated heterocycles. The normalized spacial score (nSPS) is 32.6. The van der Waals surface area contributed by atoms with Crippen LogP contribution in [0.3, 0.4) is 0 Å². The van der Waals surface area contributed by atoms with Crippen LogP contribution in [-0.4, -0.2) is 41.1 Å². The van der Waals surface area contributed by atoms with Gasteiger partial charge in [-0.1, -0.05) is 67.1 Å². The van der Waals surface area contributed by atoms with Crippen molar-refractivity contribution in [2.24, 2.45) is 23.2 Å². The van der Waals surface area contributed by atoms with E-state index < -0.39 is 30.4 Å². The Morgan fingerprint density at radius 3 is 2.74 bits per heavy atom. The number of ketones is 2. The zero-order valence-corrected chi connectivity index (χ0v) is 22.2. The standard InChI is InChI=1S/C32H38O6/c1-3-24(11-9-21-7-5-4-6-8-21)38-30(35)37-20-29(34)28-14-13-27-25-12-10-22-19-23(33)15-17-31(22,2)26(25)16-18-32(27,28)36/h3-8,16,19,24-25,27-28,36H,1,9-15,17-18,20H2,2H3. The minimum absolute atomic E-state index is 0.00235. The quantitative estimate of drug-likeness (QED) is 0.351. The second-order valence-electron chi connectivity index (χ2n) is 11.6. The van der Waals surface area contributed by atoms with E-state index >= 15 is 0 Å². The second-order valence-corrected chi connectivity index (χ2v) is 11.6. The summed E-state index contributed by atoms with van der Waals surface area (Å²) in [6.07, 6.45) is 10.3. The molecule has 6 unspecified atom stereocenters. The van der Waals surface area contributed by atoms with Crippen LogP contribution in [0.4, 0.5) is 4.79 Å². The molecule has 38 heavy (non-hydrogen) atoms. The van der Waals surface area contributed by atoms with Gasteiger partial charge in [-0.25, -0.2) is 4.79 Å². The lowest BCUT2D eigenvalue weighted by Gasteiger charge is -2.52. The van der Waals surface area contributed by atoms with E-state index in [1.54, 1.807) is 6.08 Å². The number of hydrogen-bond acceptors (Lipinski definition) is 6. The summed E-state index contributed by atoms with van der Waals surface area (Å²) in [5.41, 5.74) is 2.46. The number of carbonyl (C=O) groups is 3. The van der Waals surface area contributed by atoms with Crippen LogP contribution in [0.1, 0.15) is 63.9 Å². The highest BCUT2D eigenvalue weighted by Gasteiger charge is 2.59. The van der Waals surface area contributed by atoms with Crippen molar-refractivity contribution in [2.75, 3.05) is 6.61 Å². The van der Waals surface area contributed by atoms with Gasteiger partial charge in [-0.2, -0.15) is 0 Å². The molecule has 5 rings (SSSR count). The number of fused-ring (bicyclic) bond motifs is 5. The van der Waals surface area contributed by atoms with Gasteiger partial charge < -0.3 is 14.6 Å². The molecule has 4 aliphatic carbocycles. The third kappa shape index (κ3) is 4.91. The molecule has 6 heteroatoms. The minimum atomic E-state index is -1.13. The fraction of sp³-hybridized carbons (Fsp3) is 0.531. The van der Waals surface area contributed by atoms with Crippen molar-refractivity contribution in [1.29, 1.82) is 0 Å². The molecule has 0 aliphatic heterocycles. The monoisotopic (exact) mass is 518 g/mol. The van der Waals surface area contributed by atoms with Gasteiger partial charge in [0.25, 0.3) is 0 Å². The minimum Gasteiger partial charge on any atom is -0.427 e. The number of rotatable bonds is 8. The van der Waals surface area contributed by atoms with Crippen molar-refractivity contribution in [2.45, 2.75) is 76.4 Å². The molecular formula is C32H38O6. The number of ether oxygens (including phenoxy) is 2. The molecule has 0 bridgehead atoms. The largest absolute Gasteiger partial charge is 0.509 e. The molecule has 6 nitrogen and oxygen atoms in total. The Balaban J connectivity index is 1.18. The highest BCUT2D eigenvalue weighted by molar-refractivity contribution is 5.92. The smallest absolute Gasteiger partial charge is 0.427 e. The molecule has 4 aliphatic rings. The summed E-state index contributed by atoms with van der Waals surface area (Å²) in [6.45, 7) is 5.58. The summed E-state index contributed by atoms with van der Waals surface area (Å²) in [5, 5.41) is 11.8. The third-order valence-electron chi connectivity index (χ3n) is 9.61. The molecular weight excluding hydrogens is 480 g/mol. The molecule has 1 aromatic carbocycles. The van der Waals surface area contributed by atoms with Crippen molar-refractivity contribution in [3.8, 4) is 0 Å². The van der Waals surface area contributed by atoms with Gasteiger partial charge in [0.05, 0.1) is 11.5 Å². The fourth-order valence-corrected chi connectivity index (χ4v) is 7.54. The first-order chi connectivity index (χ1) is 18.2. The van der Waals surface area contributed by atoms with Crippen LogP contribution >= 0.6 is 0 Å². The maximum Gasteiger partial charge on any atom is 0.509 e. The lowest BCUT2D eigenvalue weighted by atomic mass is 9.53. The maximum atomic E-state index is 13.2. The van der Waals surface area contributed by atoms with Gasteiger partial charge >= 0.3 is 6.16 Å². The van der Waals surface area contributed by atoms with Crippen LogP contribution in [0.25, 0.3) is 0 Å². The Morgan fingerprint density at radius 1 is 1.18 bits per heavy atom. The second kappa shape index (κ2) is 10.6. The van der Waals surface area contributed by atoms with Crippen molar-refractivity contribution < 1.29 is 29.0 Å². The lowest BCUT2D eigenvalue weighted by Crippen LogP contribution is -2.51. The van der Waals surface area contributed by atoms with Crippen LogP contribution in [-0.2, 0) is 25.5 Å². The summed E-state index contributed by atoms with van der Waals surface area (Å²) in [5.74, 6) is -0.393. The third-order valence-corrected chi connectivity index (χ3v) is 9.61. The number of aryl methyl sites for hydroxylation is 1. The first kappa shape index (κ1) is 26.6. The zero-order chi connectivity index (χ0) is 26.9. The Bertz CT molecular complexity index is 1170. The summed E-state index contributed by atoms with van der Waals surface area (Å²) < 4.78 is 10.6. The predicted molar refractivity (Wildman–Crippen MR) is 143 cm³/mol. The maximum absolute atomic E-state index is 13.2. The Morgan fingerprint density at radius 2 is 1.97 bits per heavy atom. The number of benzene rings is 1. The molecule has 2 fully saturated rings. The zero-order valence-electron chi connectivity index (χ0n) is 22.2. The molecule has 6 atom stereocenters. The van der Waals surface area contributed by atoms with Crippen molar-refractivity contribution in [3.63, 3.8) is 0 Å². The van der Waals surface area contributed by atoms with Crippen molar-refractivity contribution >= 4 is 17.7 Å². The highest BCUT2D eigenvalue weighted by Crippen LogP contribution is 2.61. The topological polar surface area (TPSA) is 89.9 Å². The SMILES string of the molecule is C=CC(CCc1ccccc1)OC(=O)OCC(=O)C1CCC2C3CCC4=CC(=O)CCC4(C)C3=CCC12O. The van der Waals surface area contributed by atoms with E-state index in [1.807, 2.05) is 36.4 Å². The lowest BCUT2D eigenvalue weighted by molar-refractivity contribution is -0.138. The average molecular weight is 519 g/mol. The number of aliphatic hydroxyl groups is 1. The molecule has 0 spiro atoms. The fourth-order valence-electron chi connectivity index (χ4n) is 7.54. The van der Waals surface area contributed by atoms with E-state index in [1.165, 1.54) is 11.1 Å². The van der Waals surface area contributed by atoms with E-state index in [-0.39, 0.29) is 28.8 Å². The number of Topliss-reactive ketones (excluding diaryl/α,β-unsaturated/α-hetero) is 1. The van der Waals surface area contributed by atoms with E-state index in [9.17, 15) is 19.5 Å². The van der Waals surface area contributed by atoms with Crippen LogP contribution in [0, 0.1) is 23.2 Å². The van der Waals surface area contributed by atoms with Gasteiger partial charge in [0, 0.05) is 11.8 Å². The van der Waals surface area contributed by atoms with Crippen LogP contribution in [0.5, 0.6) is 0 Å². The summed E-state index contributed by atoms with van der Waals surface area (Å²) in [6, 6.07) is 9.90. The van der Waals surface area contributed by atoms with Gasteiger partial charge in [0.1, 0.15) is 6.10 Å². The summed E-state index contributed by atoms with van der Waals surface area (Å²) in [4.78, 5) is 37.5. The molecule has 0 amide bonds. The van der Waals surface area contributed by atoms with E-state index in [0.717, 1.165) is 37.7 Å². The molecule has 202 valence electrons. The first-order valence-corrected chi connectivity index (χ1v) is 13.9. The average Bonchev–Trinajstić information content (AvgIpc) is 3.28. The van der Waals surface area contributed by atoms with Crippen molar-refractivity contribution in [3.05, 3.63) is 71.8 Å². The highest BCUT2D eigenvalue weighted by atomic mass is 16.7. The molecule has 1 aromatic rings. The Hall–Kier alpha value is -2.99. The first-order valence-electron chi connectivity index (χ1n) is 13.9. The molecule has 1 N–H and O–H groups in total. The molecule has 0 radical (unpaired) electrons. The predicted octanol–water partition coefficient (Wildman–Crippen LogP) is 5.69. The van der Waals surface area contributed by atoms with Gasteiger partial charge in [0.2, 0.25) is 0 Å². The molecule has 0 aromatic heterocycles. The van der Waals surface area contributed by atoms with Crippen LogP contribution in [0.15, 0.2) is 66.3 Å². The molecule has 0 heterocycles. The van der Waals surface area contributed by atoms with E-state index in [0.29, 0.717) is 25.7 Å².